The lowest BCUT2D eigenvalue weighted by Crippen LogP contribution is -2.01. The topological polar surface area (TPSA) is 0 Å². The van der Waals surface area contributed by atoms with E-state index in [0.717, 1.165) is 12.3 Å². The minimum Gasteiger partial charge on any atom is -0.159 e. The fourth-order valence-corrected chi connectivity index (χ4v) is 0.154. The van der Waals surface area contributed by atoms with Gasteiger partial charge in [-0.15, -0.1) is 0 Å². The fraction of sp³-hybridized carbons (Fsp3) is 0.400. The molecule has 0 aromatic heterocycles. The molecule has 0 bridgehead atoms. The van der Waals surface area contributed by atoms with E-state index in [-0.39, 0.29) is 0 Å². The number of alkyl halides is 3. The van der Waals surface area contributed by atoms with Crippen LogP contribution in [0, 0.1) is 18.3 Å². The van der Waals surface area contributed by atoms with Crippen LogP contribution in [0.25, 0.3) is 0 Å². The van der Waals surface area contributed by atoms with Crippen molar-refractivity contribution in [3.63, 3.8) is 0 Å². The van der Waals surface area contributed by atoms with Gasteiger partial charge >= 0.3 is 6.18 Å². The lowest BCUT2D eigenvalue weighted by molar-refractivity contribution is -0.0696. The van der Waals surface area contributed by atoms with E-state index < -0.39 is 6.18 Å². The molecule has 0 atom stereocenters. The zero-order valence-electron chi connectivity index (χ0n) is 4.21. The molecule has 0 spiro atoms. The van der Waals surface area contributed by atoms with Crippen LogP contribution in [-0.2, 0) is 0 Å². The molecule has 0 saturated heterocycles. The van der Waals surface area contributed by atoms with E-state index in [2.05, 4.69) is 0 Å². The van der Waals surface area contributed by atoms with Crippen LogP contribution in [-0.4, -0.2) is 6.18 Å². The molecule has 8 heavy (non-hydrogen) atoms. The molecule has 0 unspecified atom stereocenters. The van der Waals surface area contributed by atoms with E-state index in [4.69, 9.17) is 0 Å². The van der Waals surface area contributed by atoms with Crippen LogP contribution in [0.3, 0.4) is 0 Å². The Morgan fingerprint density at radius 1 is 1.38 bits per heavy atom. The van der Waals surface area contributed by atoms with E-state index in [0.29, 0.717) is 0 Å². The first-order valence-corrected chi connectivity index (χ1v) is 1.93. The summed E-state index contributed by atoms with van der Waals surface area (Å²) in [6, 6.07) is 0. The summed E-state index contributed by atoms with van der Waals surface area (Å²) in [7, 11) is 0. The van der Waals surface area contributed by atoms with Crippen molar-refractivity contribution in [2.45, 2.75) is 13.1 Å². The van der Waals surface area contributed by atoms with Gasteiger partial charge < -0.3 is 0 Å². The SMILES string of the molecule is C[CH]C#CC(F)(F)F. The maximum atomic E-state index is 11.0. The lowest BCUT2D eigenvalue weighted by atomic mass is 10.5. The van der Waals surface area contributed by atoms with E-state index in [1.165, 1.54) is 6.92 Å². The molecule has 0 N–H and O–H groups in total. The molecule has 45 valence electrons. The Bertz CT molecular complexity index is 112. The van der Waals surface area contributed by atoms with Crippen molar-refractivity contribution in [3.8, 4) is 11.8 Å². The summed E-state index contributed by atoms with van der Waals surface area (Å²) < 4.78 is 33.1. The van der Waals surface area contributed by atoms with Crippen molar-refractivity contribution in [2.24, 2.45) is 0 Å². The standard InChI is InChI=1S/C5H4F3/c1-2-3-4-5(6,7)8/h2H,1H3. The highest BCUT2D eigenvalue weighted by atomic mass is 19.4. The number of rotatable bonds is 0. The molecule has 0 nitrogen and oxygen atoms in total. The highest BCUT2D eigenvalue weighted by Crippen LogP contribution is 2.11. The Morgan fingerprint density at radius 3 is 2.00 bits per heavy atom. The molecule has 0 aliphatic carbocycles. The number of halogens is 3. The van der Waals surface area contributed by atoms with Gasteiger partial charge in [0.2, 0.25) is 0 Å². The van der Waals surface area contributed by atoms with Crippen LogP contribution in [0.2, 0.25) is 0 Å². The summed E-state index contributed by atoms with van der Waals surface area (Å²) in [5, 5.41) is 0. The van der Waals surface area contributed by atoms with Crippen molar-refractivity contribution < 1.29 is 13.2 Å². The average Bonchev–Trinajstić information content (AvgIpc) is 1.59. The quantitative estimate of drug-likeness (QED) is 0.428. The average molecular weight is 121 g/mol. The van der Waals surface area contributed by atoms with Crippen molar-refractivity contribution >= 4 is 0 Å². The first-order valence-electron chi connectivity index (χ1n) is 1.93. The van der Waals surface area contributed by atoms with Crippen LogP contribution in [0.15, 0.2) is 0 Å². The second-order valence-corrected chi connectivity index (χ2v) is 1.06. The minimum atomic E-state index is -4.34. The fourth-order valence-electron chi connectivity index (χ4n) is 0.154. The summed E-state index contributed by atoms with van der Waals surface area (Å²) in [5.74, 6) is 2.85. The largest absolute Gasteiger partial charge is 0.457 e. The van der Waals surface area contributed by atoms with Gasteiger partial charge in [0.25, 0.3) is 0 Å². The Kier molecular flexibility index (Phi) is 2.40. The van der Waals surface area contributed by atoms with Crippen molar-refractivity contribution in [3.05, 3.63) is 6.42 Å². The minimum absolute atomic E-state index is 1.07. The highest BCUT2D eigenvalue weighted by Gasteiger charge is 2.22. The van der Waals surface area contributed by atoms with Crippen LogP contribution < -0.4 is 0 Å². The zero-order chi connectivity index (χ0) is 6.62. The summed E-state index contributed by atoms with van der Waals surface area (Å²) in [6.45, 7) is 1.44. The van der Waals surface area contributed by atoms with E-state index >= 15 is 0 Å². The van der Waals surface area contributed by atoms with E-state index in [1.807, 2.05) is 0 Å². The first-order chi connectivity index (χ1) is 3.56. The molecular formula is C5H4F3. The maximum absolute atomic E-state index is 11.0. The molecule has 0 heterocycles. The molecule has 0 rings (SSSR count). The molecule has 0 saturated carbocycles. The smallest absolute Gasteiger partial charge is 0.159 e. The summed E-state index contributed by atoms with van der Waals surface area (Å²) in [5.41, 5.74) is 0. The van der Waals surface area contributed by atoms with Gasteiger partial charge in [-0.3, -0.25) is 0 Å². The molecule has 0 fully saturated rings. The van der Waals surface area contributed by atoms with Gasteiger partial charge in [-0.1, -0.05) is 12.8 Å². The molecule has 0 aromatic rings. The Balaban J connectivity index is 3.69. The third-order valence-corrected chi connectivity index (χ3v) is 0.358. The first kappa shape index (κ1) is 7.35. The van der Waals surface area contributed by atoms with Gasteiger partial charge in [0.15, 0.2) is 0 Å². The predicted octanol–water partition coefficient (Wildman–Crippen LogP) is 1.78. The lowest BCUT2D eigenvalue weighted by Gasteiger charge is -1.89. The Morgan fingerprint density at radius 2 is 1.88 bits per heavy atom. The van der Waals surface area contributed by atoms with Crippen molar-refractivity contribution in [2.75, 3.05) is 0 Å². The van der Waals surface area contributed by atoms with Gasteiger partial charge in [-0.25, -0.2) is 0 Å². The van der Waals surface area contributed by atoms with E-state index in [1.54, 1.807) is 5.92 Å². The third kappa shape index (κ3) is 5.35. The van der Waals surface area contributed by atoms with Crippen LogP contribution in [0.1, 0.15) is 6.92 Å². The molecule has 0 aliphatic rings. The van der Waals surface area contributed by atoms with Crippen LogP contribution >= 0.6 is 0 Å². The van der Waals surface area contributed by atoms with Gasteiger partial charge in [0.05, 0.1) is 0 Å². The van der Waals surface area contributed by atoms with Gasteiger partial charge in [0.1, 0.15) is 0 Å². The van der Waals surface area contributed by atoms with E-state index in [9.17, 15) is 13.2 Å². The molecular weight excluding hydrogens is 117 g/mol. The van der Waals surface area contributed by atoms with Crippen LogP contribution in [0.4, 0.5) is 13.2 Å². The molecule has 0 aromatic carbocycles. The number of hydrogen-bond donors (Lipinski definition) is 0. The molecule has 0 amide bonds. The van der Waals surface area contributed by atoms with Crippen LogP contribution in [0.5, 0.6) is 0 Å². The van der Waals surface area contributed by atoms with Crippen molar-refractivity contribution in [1.82, 2.24) is 0 Å². The number of hydrogen-bond acceptors (Lipinski definition) is 0. The van der Waals surface area contributed by atoms with Gasteiger partial charge in [-0.2, -0.15) is 13.2 Å². The zero-order valence-corrected chi connectivity index (χ0v) is 4.21. The second-order valence-electron chi connectivity index (χ2n) is 1.06. The molecule has 0 aliphatic heterocycles. The van der Waals surface area contributed by atoms with Crippen molar-refractivity contribution in [1.29, 1.82) is 0 Å². The molecule has 1 radical (unpaired) electrons. The van der Waals surface area contributed by atoms with Gasteiger partial charge in [-0.05, 0) is 0 Å². The Labute approximate surface area is 45.7 Å². The summed E-state index contributed by atoms with van der Waals surface area (Å²) in [6.07, 6.45) is -3.19. The molecule has 3 heteroatoms. The predicted molar refractivity (Wildman–Crippen MR) is 23.8 cm³/mol. The highest BCUT2D eigenvalue weighted by molar-refractivity contribution is 5.11. The second kappa shape index (κ2) is 2.61. The maximum Gasteiger partial charge on any atom is 0.457 e. The third-order valence-electron chi connectivity index (χ3n) is 0.358. The summed E-state index contributed by atoms with van der Waals surface area (Å²) in [4.78, 5) is 0. The normalized spacial score (nSPS) is 10.0. The van der Waals surface area contributed by atoms with Gasteiger partial charge in [0, 0.05) is 12.3 Å². The monoisotopic (exact) mass is 121 g/mol. The Hall–Kier alpha value is -0.650. The summed E-state index contributed by atoms with van der Waals surface area (Å²) >= 11 is 0.